The molecule has 2 heteroatoms. The van der Waals surface area contributed by atoms with Crippen LogP contribution in [0.5, 0.6) is 0 Å². The Labute approximate surface area is 50.2 Å². The van der Waals surface area contributed by atoms with Gasteiger partial charge in [0, 0.05) is 13.2 Å². The van der Waals surface area contributed by atoms with Crippen molar-refractivity contribution in [3.05, 3.63) is 0 Å². The molecule has 0 aromatic heterocycles. The third kappa shape index (κ3) is 0.740. The number of hydrogen-bond donors (Lipinski definition) is 1. The van der Waals surface area contributed by atoms with E-state index < -0.39 is 0 Å². The molecule has 0 amide bonds. The molecule has 1 N–H and O–H groups in total. The Balaban J connectivity index is 2.31. The predicted octanol–water partition coefficient (Wildman–Crippen LogP) is 0.383. The van der Waals surface area contributed by atoms with E-state index in [2.05, 4.69) is 12.2 Å². The van der Waals surface area contributed by atoms with Crippen LogP contribution in [0.3, 0.4) is 0 Å². The number of methoxy groups -OCH3 is 1. The number of rotatable bonds is 2. The summed E-state index contributed by atoms with van der Waals surface area (Å²) >= 11 is 0. The molecule has 0 saturated heterocycles. The Kier molecular flexibility index (Phi) is 1.29. The van der Waals surface area contributed by atoms with Gasteiger partial charge in [-0.05, 0) is 20.4 Å². The zero-order valence-electron chi connectivity index (χ0n) is 5.69. The second kappa shape index (κ2) is 1.71. The quantitative estimate of drug-likeness (QED) is 0.562. The van der Waals surface area contributed by atoms with Gasteiger partial charge in [0.05, 0.1) is 5.60 Å². The van der Waals surface area contributed by atoms with E-state index in [-0.39, 0.29) is 5.60 Å². The van der Waals surface area contributed by atoms with Gasteiger partial charge in [-0.15, -0.1) is 0 Å². The lowest BCUT2D eigenvalue weighted by Crippen LogP contribution is -2.21. The highest BCUT2D eigenvalue weighted by Crippen LogP contribution is 2.38. The summed E-state index contributed by atoms with van der Waals surface area (Å²) < 4.78 is 5.19. The van der Waals surface area contributed by atoms with Gasteiger partial charge >= 0.3 is 0 Å². The Morgan fingerprint density at radius 2 is 2.38 bits per heavy atom. The maximum atomic E-state index is 5.19. The molecule has 8 heavy (non-hydrogen) atoms. The highest BCUT2D eigenvalue weighted by Gasteiger charge is 2.49. The minimum absolute atomic E-state index is 0.148. The molecule has 48 valence electrons. The van der Waals surface area contributed by atoms with Crippen molar-refractivity contribution >= 4 is 0 Å². The molecular formula is C6H13NO. The van der Waals surface area contributed by atoms with Crippen LogP contribution in [0.2, 0.25) is 0 Å². The molecule has 1 fully saturated rings. The Bertz CT molecular complexity index is 94.5. The smallest absolute Gasteiger partial charge is 0.0819 e. The van der Waals surface area contributed by atoms with Crippen molar-refractivity contribution in [1.29, 1.82) is 0 Å². The number of nitrogens with one attached hydrogen (secondary N) is 1. The van der Waals surface area contributed by atoms with Crippen LogP contribution in [0.15, 0.2) is 0 Å². The molecule has 0 spiro atoms. The van der Waals surface area contributed by atoms with Gasteiger partial charge in [-0.1, -0.05) is 0 Å². The van der Waals surface area contributed by atoms with Crippen LogP contribution < -0.4 is 5.32 Å². The van der Waals surface area contributed by atoms with E-state index in [1.54, 1.807) is 7.11 Å². The first kappa shape index (κ1) is 6.05. The first-order valence-corrected chi connectivity index (χ1v) is 2.95. The van der Waals surface area contributed by atoms with Crippen molar-refractivity contribution in [3.63, 3.8) is 0 Å². The van der Waals surface area contributed by atoms with Crippen molar-refractivity contribution < 1.29 is 4.74 Å². The van der Waals surface area contributed by atoms with Crippen molar-refractivity contribution in [3.8, 4) is 0 Å². The maximum absolute atomic E-state index is 5.19. The second-order valence-electron chi connectivity index (χ2n) is 2.56. The van der Waals surface area contributed by atoms with Crippen LogP contribution in [0.25, 0.3) is 0 Å². The highest BCUT2D eigenvalue weighted by molar-refractivity contribution is 5.06. The lowest BCUT2D eigenvalue weighted by atomic mass is 10.4. The summed E-state index contributed by atoms with van der Waals surface area (Å²) in [6.07, 6.45) is 1.15. The van der Waals surface area contributed by atoms with Crippen LogP contribution in [0, 0.1) is 0 Å². The van der Waals surface area contributed by atoms with Gasteiger partial charge in [0.25, 0.3) is 0 Å². The Hall–Kier alpha value is -0.0800. The fourth-order valence-corrected chi connectivity index (χ4v) is 0.979. The summed E-state index contributed by atoms with van der Waals surface area (Å²) in [6.45, 7) is 2.12. The minimum atomic E-state index is 0.148. The number of hydrogen-bond acceptors (Lipinski definition) is 2. The van der Waals surface area contributed by atoms with Gasteiger partial charge < -0.3 is 10.1 Å². The molecule has 0 aliphatic heterocycles. The largest absolute Gasteiger partial charge is 0.377 e. The Morgan fingerprint density at radius 1 is 1.75 bits per heavy atom. The van der Waals surface area contributed by atoms with E-state index >= 15 is 0 Å². The van der Waals surface area contributed by atoms with Crippen LogP contribution in [-0.2, 0) is 4.74 Å². The number of likely N-dealkylation sites (N-methyl/N-ethyl adjacent to an activating group) is 1. The molecule has 1 saturated carbocycles. The standard InChI is InChI=1S/C6H13NO/c1-6(8-3)4-5(6)7-2/h5,7H,4H2,1-3H3/t5-,6+/m0/s1. The van der Waals surface area contributed by atoms with Crippen LogP contribution >= 0.6 is 0 Å². The molecule has 0 bridgehead atoms. The third-order valence-electron chi connectivity index (χ3n) is 2.00. The summed E-state index contributed by atoms with van der Waals surface area (Å²) in [4.78, 5) is 0. The minimum Gasteiger partial charge on any atom is -0.377 e. The molecule has 0 aromatic rings. The average Bonchev–Trinajstić information content (AvgIpc) is 2.44. The van der Waals surface area contributed by atoms with E-state index in [1.807, 2.05) is 7.05 Å². The lowest BCUT2D eigenvalue weighted by molar-refractivity contribution is 0.0883. The van der Waals surface area contributed by atoms with Gasteiger partial charge in [0.2, 0.25) is 0 Å². The van der Waals surface area contributed by atoms with E-state index in [1.165, 1.54) is 0 Å². The molecular weight excluding hydrogens is 102 g/mol. The Morgan fingerprint density at radius 3 is 2.50 bits per heavy atom. The first-order valence-electron chi connectivity index (χ1n) is 2.95. The van der Waals surface area contributed by atoms with E-state index in [0.29, 0.717) is 6.04 Å². The molecule has 0 aromatic carbocycles. The van der Waals surface area contributed by atoms with Crippen LogP contribution in [0.4, 0.5) is 0 Å². The molecule has 1 aliphatic carbocycles. The summed E-state index contributed by atoms with van der Waals surface area (Å²) in [6, 6.07) is 0.590. The van der Waals surface area contributed by atoms with Gasteiger partial charge in [-0.2, -0.15) is 0 Å². The van der Waals surface area contributed by atoms with Crippen LogP contribution in [0.1, 0.15) is 13.3 Å². The molecule has 2 atom stereocenters. The third-order valence-corrected chi connectivity index (χ3v) is 2.00. The topological polar surface area (TPSA) is 21.3 Å². The molecule has 0 heterocycles. The maximum Gasteiger partial charge on any atom is 0.0819 e. The molecule has 0 radical (unpaired) electrons. The zero-order valence-corrected chi connectivity index (χ0v) is 5.69. The van der Waals surface area contributed by atoms with Gasteiger partial charge in [-0.25, -0.2) is 0 Å². The summed E-state index contributed by atoms with van der Waals surface area (Å²) in [7, 11) is 3.73. The van der Waals surface area contributed by atoms with Crippen molar-refractivity contribution in [2.45, 2.75) is 25.0 Å². The van der Waals surface area contributed by atoms with E-state index in [0.717, 1.165) is 6.42 Å². The van der Waals surface area contributed by atoms with E-state index in [4.69, 9.17) is 4.74 Å². The van der Waals surface area contributed by atoms with Gasteiger partial charge in [0.15, 0.2) is 0 Å². The lowest BCUT2D eigenvalue weighted by Gasteiger charge is -2.06. The summed E-state index contributed by atoms with van der Waals surface area (Å²) in [5.74, 6) is 0. The molecule has 0 unspecified atom stereocenters. The fraction of sp³-hybridized carbons (Fsp3) is 1.00. The predicted molar refractivity (Wildman–Crippen MR) is 32.9 cm³/mol. The average molecular weight is 115 g/mol. The molecule has 1 rings (SSSR count). The first-order chi connectivity index (χ1) is 3.73. The number of ether oxygens (including phenoxy) is 1. The van der Waals surface area contributed by atoms with Crippen molar-refractivity contribution in [1.82, 2.24) is 5.32 Å². The SMILES string of the molecule is CN[C@H]1C[C@@]1(C)OC. The van der Waals surface area contributed by atoms with Crippen LogP contribution in [-0.4, -0.2) is 25.8 Å². The molecule has 2 nitrogen and oxygen atoms in total. The van der Waals surface area contributed by atoms with Crippen molar-refractivity contribution in [2.24, 2.45) is 0 Å². The molecule has 1 aliphatic rings. The van der Waals surface area contributed by atoms with Gasteiger partial charge in [-0.3, -0.25) is 0 Å². The monoisotopic (exact) mass is 115 g/mol. The second-order valence-corrected chi connectivity index (χ2v) is 2.56. The highest BCUT2D eigenvalue weighted by atomic mass is 16.5. The zero-order chi connectivity index (χ0) is 6.20. The summed E-state index contributed by atoms with van der Waals surface area (Å²) in [5.41, 5.74) is 0.148. The van der Waals surface area contributed by atoms with Gasteiger partial charge in [0.1, 0.15) is 0 Å². The normalized spacial score (nSPS) is 44.6. The van der Waals surface area contributed by atoms with Crippen molar-refractivity contribution in [2.75, 3.05) is 14.2 Å². The summed E-state index contributed by atoms with van der Waals surface area (Å²) in [5, 5.41) is 3.16. The fourth-order valence-electron chi connectivity index (χ4n) is 0.979. The van der Waals surface area contributed by atoms with E-state index in [9.17, 15) is 0 Å².